The van der Waals surface area contributed by atoms with Crippen LogP contribution in [0.5, 0.6) is 0 Å². The molecule has 2 fully saturated rings. The number of alkyl halides is 2. The molecule has 1 aliphatic heterocycles. The van der Waals surface area contributed by atoms with E-state index >= 15 is 0 Å². The average molecular weight is 401 g/mol. The fourth-order valence-electron chi connectivity index (χ4n) is 4.44. The standard InChI is InChI=1S/C19H26F2N4O.ClH/c20-19(21)25-17-7-2-1-5-15(17)24-18(25)8-9-22-14-6-3-4-13(14)16-12-26-11-10-23-16;/h1-2,5,7,13-14,16,19,22-23H,3-4,6,8-12H2;1H. The molecule has 2 aromatic rings. The molecule has 2 heterocycles. The summed E-state index contributed by atoms with van der Waals surface area (Å²) in [6, 6.07) is 7.90. The lowest BCUT2D eigenvalue weighted by atomic mass is 9.94. The number of aromatic nitrogens is 2. The van der Waals surface area contributed by atoms with E-state index < -0.39 is 6.55 Å². The molecule has 0 radical (unpaired) electrons. The zero-order chi connectivity index (χ0) is 17.9. The average Bonchev–Trinajstić information content (AvgIpc) is 3.26. The van der Waals surface area contributed by atoms with E-state index in [9.17, 15) is 8.78 Å². The zero-order valence-corrected chi connectivity index (χ0v) is 16.1. The number of nitrogens with one attached hydrogen (secondary N) is 2. The van der Waals surface area contributed by atoms with Crippen LogP contribution in [0.15, 0.2) is 24.3 Å². The van der Waals surface area contributed by atoms with Gasteiger partial charge in [-0.25, -0.2) is 4.98 Å². The van der Waals surface area contributed by atoms with Crippen molar-refractivity contribution < 1.29 is 13.5 Å². The third-order valence-corrected chi connectivity index (χ3v) is 5.66. The van der Waals surface area contributed by atoms with Crippen LogP contribution >= 0.6 is 12.4 Å². The summed E-state index contributed by atoms with van der Waals surface area (Å²) < 4.78 is 33.7. The third-order valence-electron chi connectivity index (χ3n) is 5.66. The molecule has 8 heteroatoms. The number of para-hydroxylation sites is 2. The minimum atomic E-state index is -2.57. The van der Waals surface area contributed by atoms with Crippen LogP contribution in [0.2, 0.25) is 0 Å². The van der Waals surface area contributed by atoms with Gasteiger partial charge in [0.05, 0.1) is 24.2 Å². The number of ether oxygens (including phenoxy) is 1. The Morgan fingerprint density at radius 3 is 2.93 bits per heavy atom. The Morgan fingerprint density at radius 1 is 1.30 bits per heavy atom. The number of fused-ring (bicyclic) bond motifs is 1. The third kappa shape index (κ3) is 4.42. The Kier molecular flexibility index (Phi) is 7.03. The smallest absolute Gasteiger partial charge is 0.320 e. The van der Waals surface area contributed by atoms with Gasteiger partial charge in [-0.1, -0.05) is 18.6 Å². The van der Waals surface area contributed by atoms with Gasteiger partial charge in [0.1, 0.15) is 5.82 Å². The first kappa shape index (κ1) is 20.5. The lowest BCUT2D eigenvalue weighted by Crippen LogP contribution is -2.51. The van der Waals surface area contributed by atoms with E-state index in [1.807, 2.05) is 6.07 Å². The lowest BCUT2D eigenvalue weighted by Gasteiger charge is -2.33. The molecule has 1 aromatic carbocycles. The molecule has 1 saturated heterocycles. The quantitative estimate of drug-likeness (QED) is 0.782. The molecule has 27 heavy (non-hydrogen) atoms. The summed E-state index contributed by atoms with van der Waals surface area (Å²) in [4.78, 5) is 4.42. The maximum atomic E-state index is 13.5. The molecular formula is C19H27ClF2N4O. The normalized spacial score (nSPS) is 25.8. The molecule has 1 aromatic heterocycles. The Morgan fingerprint density at radius 2 is 2.15 bits per heavy atom. The number of hydrogen-bond donors (Lipinski definition) is 2. The van der Waals surface area contributed by atoms with Crippen LogP contribution in [0.1, 0.15) is 31.6 Å². The van der Waals surface area contributed by atoms with Crippen molar-refractivity contribution >= 4 is 23.4 Å². The topological polar surface area (TPSA) is 51.1 Å². The number of halogens is 3. The summed E-state index contributed by atoms with van der Waals surface area (Å²) >= 11 is 0. The van der Waals surface area contributed by atoms with Crippen molar-refractivity contribution in [2.45, 2.75) is 44.3 Å². The lowest BCUT2D eigenvalue weighted by molar-refractivity contribution is 0.0524. The Hall–Kier alpha value is -1.28. The maximum absolute atomic E-state index is 13.5. The van der Waals surface area contributed by atoms with Crippen LogP contribution in [-0.4, -0.2) is 47.9 Å². The van der Waals surface area contributed by atoms with E-state index in [1.165, 1.54) is 12.8 Å². The van der Waals surface area contributed by atoms with Crippen molar-refractivity contribution in [3.63, 3.8) is 0 Å². The van der Waals surface area contributed by atoms with Crippen molar-refractivity contribution in [3.8, 4) is 0 Å². The van der Waals surface area contributed by atoms with Gasteiger partial charge in [0.15, 0.2) is 0 Å². The van der Waals surface area contributed by atoms with E-state index in [2.05, 4.69) is 15.6 Å². The van der Waals surface area contributed by atoms with Gasteiger partial charge in [-0.05, 0) is 30.9 Å². The Bertz CT molecular complexity index is 736. The molecular weight excluding hydrogens is 374 g/mol. The molecule has 4 rings (SSSR count). The highest BCUT2D eigenvalue weighted by molar-refractivity contribution is 5.85. The molecule has 0 spiro atoms. The second-order valence-corrected chi connectivity index (χ2v) is 7.21. The van der Waals surface area contributed by atoms with Gasteiger partial charge in [0.2, 0.25) is 0 Å². The SMILES string of the molecule is Cl.FC(F)n1c(CCNC2CCCC2C2COCCN2)nc2ccccc21. The highest BCUT2D eigenvalue weighted by Gasteiger charge is 2.34. The van der Waals surface area contributed by atoms with Crippen LogP contribution in [0.25, 0.3) is 11.0 Å². The van der Waals surface area contributed by atoms with E-state index in [4.69, 9.17) is 4.74 Å². The molecule has 2 aliphatic rings. The number of imidazole rings is 1. The summed E-state index contributed by atoms with van der Waals surface area (Å²) in [6.07, 6.45) is 4.02. The molecule has 3 unspecified atom stereocenters. The molecule has 5 nitrogen and oxygen atoms in total. The zero-order valence-electron chi connectivity index (χ0n) is 15.2. The fourth-order valence-corrected chi connectivity index (χ4v) is 4.44. The molecule has 1 saturated carbocycles. The first-order chi connectivity index (χ1) is 12.7. The fraction of sp³-hybridized carbons (Fsp3) is 0.632. The Labute approximate surface area is 164 Å². The number of hydrogen-bond acceptors (Lipinski definition) is 4. The van der Waals surface area contributed by atoms with Crippen molar-refractivity contribution in [2.24, 2.45) is 5.92 Å². The summed E-state index contributed by atoms with van der Waals surface area (Å²) in [5.74, 6) is 0.992. The number of benzene rings is 1. The Balaban J connectivity index is 0.00000210. The van der Waals surface area contributed by atoms with E-state index in [0.717, 1.165) is 30.7 Å². The minimum Gasteiger partial charge on any atom is -0.379 e. The summed E-state index contributed by atoms with van der Waals surface area (Å²) in [7, 11) is 0. The highest BCUT2D eigenvalue weighted by Crippen LogP contribution is 2.29. The summed E-state index contributed by atoms with van der Waals surface area (Å²) in [5, 5.41) is 7.15. The van der Waals surface area contributed by atoms with Crippen molar-refractivity contribution in [1.29, 1.82) is 0 Å². The summed E-state index contributed by atoms with van der Waals surface area (Å²) in [6.45, 7) is 0.548. The first-order valence-corrected chi connectivity index (χ1v) is 9.52. The second kappa shape index (κ2) is 9.28. The maximum Gasteiger partial charge on any atom is 0.320 e. The largest absolute Gasteiger partial charge is 0.379 e. The predicted molar refractivity (Wildman–Crippen MR) is 104 cm³/mol. The predicted octanol–water partition coefficient (Wildman–Crippen LogP) is 3.14. The number of morpholine rings is 1. The van der Waals surface area contributed by atoms with Gasteiger partial charge < -0.3 is 15.4 Å². The van der Waals surface area contributed by atoms with Crippen LogP contribution in [0, 0.1) is 5.92 Å². The molecule has 1 aliphatic carbocycles. The summed E-state index contributed by atoms with van der Waals surface area (Å²) in [5.41, 5.74) is 1.13. The van der Waals surface area contributed by atoms with Gasteiger partial charge in [0.25, 0.3) is 0 Å². The van der Waals surface area contributed by atoms with Crippen LogP contribution < -0.4 is 10.6 Å². The van der Waals surface area contributed by atoms with Gasteiger partial charge in [-0.2, -0.15) is 8.78 Å². The van der Waals surface area contributed by atoms with Crippen LogP contribution in [-0.2, 0) is 11.2 Å². The van der Waals surface area contributed by atoms with Gasteiger partial charge in [-0.3, -0.25) is 4.57 Å². The number of nitrogens with zero attached hydrogens (tertiary/aromatic N) is 2. The van der Waals surface area contributed by atoms with Gasteiger partial charge >= 0.3 is 6.55 Å². The molecule has 0 amide bonds. The van der Waals surface area contributed by atoms with E-state index in [1.54, 1.807) is 18.2 Å². The minimum absolute atomic E-state index is 0. The highest BCUT2D eigenvalue weighted by atomic mass is 35.5. The van der Waals surface area contributed by atoms with Crippen molar-refractivity contribution in [1.82, 2.24) is 20.2 Å². The van der Waals surface area contributed by atoms with Crippen LogP contribution in [0.4, 0.5) is 8.78 Å². The first-order valence-electron chi connectivity index (χ1n) is 9.52. The van der Waals surface area contributed by atoms with E-state index in [0.29, 0.717) is 47.8 Å². The second-order valence-electron chi connectivity index (χ2n) is 7.21. The number of rotatable bonds is 6. The molecule has 2 N–H and O–H groups in total. The van der Waals surface area contributed by atoms with Crippen LogP contribution in [0.3, 0.4) is 0 Å². The monoisotopic (exact) mass is 400 g/mol. The molecule has 150 valence electrons. The molecule has 3 atom stereocenters. The van der Waals surface area contributed by atoms with Gasteiger partial charge in [-0.15, -0.1) is 12.4 Å². The van der Waals surface area contributed by atoms with Gasteiger partial charge in [0, 0.05) is 31.6 Å². The van der Waals surface area contributed by atoms with Crippen molar-refractivity contribution in [3.05, 3.63) is 30.1 Å². The van der Waals surface area contributed by atoms with Crippen molar-refractivity contribution in [2.75, 3.05) is 26.3 Å². The molecule has 0 bridgehead atoms. The van der Waals surface area contributed by atoms with E-state index in [-0.39, 0.29) is 12.4 Å².